The van der Waals surface area contributed by atoms with Gasteiger partial charge in [0.05, 0.1) is 11.1 Å². The van der Waals surface area contributed by atoms with Gasteiger partial charge < -0.3 is 15.3 Å². The summed E-state index contributed by atoms with van der Waals surface area (Å²) in [6, 6.07) is 18.6. The van der Waals surface area contributed by atoms with Crippen molar-refractivity contribution in [1.29, 1.82) is 0 Å². The number of aromatic nitrogens is 1. The van der Waals surface area contributed by atoms with E-state index in [-0.39, 0.29) is 5.56 Å². The number of hydrogen-bond acceptors (Lipinski definition) is 4. The van der Waals surface area contributed by atoms with Crippen LogP contribution in [0.15, 0.2) is 65.1 Å². The van der Waals surface area contributed by atoms with Gasteiger partial charge in [-0.3, -0.25) is 0 Å². The molecular weight excluding hydrogens is 364 g/mol. The second kappa shape index (κ2) is 7.80. The molecule has 146 valence electrons. The topological polar surface area (TPSA) is 89.3 Å². The minimum Gasteiger partial charge on any atom is -0.478 e. The van der Waals surface area contributed by atoms with Crippen molar-refractivity contribution in [2.24, 2.45) is 0 Å². The molecule has 2 aromatic heterocycles. The Kier molecular flexibility index (Phi) is 5.04. The average molecular weight is 386 g/mol. The van der Waals surface area contributed by atoms with Crippen LogP contribution in [-0.4, -0.2) is 16.1 Å². The largest absolute Gasteiger partial charge is 0.478 e. The van der Waals surface area contributed by atoms with Crippen LogP contribution in [0.5, 0.6) is 0 Å². The maximum atomic E-state index is 11.7. The summed E-state index contributed by atoms with van der Waals surface area (Å²) in [5.41, 5.74) is 9.78. The Labute approximate surface area is 168 Å². The first-order chi connectivity index (χ1) is 14.0. The van der Waals surface area contributed by atoms with E-state index in [9.17, 15) is 9.90 Å². The Hall–Kier alpha value is -3.60. The van der Waals surface area contributed by atoms with Gasteiger partial charge in [-0.25, -0.2) is 9.78 Å². The predicted molar refractivity (Wildman–Crippen MR) is 115 cm³/mol. The lowest BCUT2D eigenvalue weighted by atomic mass is 10.1. The number of unbranched alkanes of at least 4 members (excludes halogenated alkanes) is 1. The Bertz CT molecular complexity index is 1180. The van der Waals surface area contributed by atoms with Crippen molar-refractivity contribution in [3.05, 3.63) is 71.8 Å². The number of carbonyl (C=O) groups is 1. The summed E-state index contributed by atoms with van der Waals surface area (Å²) in [7, 11) is 0. The lowest BCUT2D eigenvalue weighted by Gasteiger charge is -2.06. The fraction of sp³-hybridized carbons (Fsp3) is 0.167. The van der Waals surface area contributed by atoms with Crippen LogP contribution < -0.4 is 5.73 Å². The first-order valence-corrected chi connectivity index (χ1v) is 9.68. The van der Waals surface area contributed by atoms with Gasteiger partial charge in [0.15, 0.2) is 5.76 Å². The van der Waals surface area contributed by atoms with Crippen molar-refractivity contribution < 1.29 is 14.3 Å². The van der Waals surface area contributed by atoms with Gasteiger partial charge in [-0.1, -0.05) is 37.6 Å². The van der Waals surface area contributed by atoms with Crippen LogP contribution in [0.2, 0.25) is 0 Å². The molecule has 0 unspecified atom stereocenters. The van der Waals surface area contributed by atoms with Gasteiger partial charge in [0.1, 0.15) is 11.5 Å². The summed E-state index contributed by atoms with van der Waals surface area (Å²) in [4.78, 5) is 16.3. The van der Waals surface area contributed by atoms with E-state index in [1.807, 2.05) is 24.3 Å². The van der Waals surface area contributed by atoms with Gasteiger partial charge in [-0.2, -0.15) is 0 Å². The number of aryl methyl sites for hydroxylation is 1. The summed E-state index contributed by atoms with van der Waals surface area (Å²) in [5.74, 6) is 0.216. The fourth-order valence-electron chi connectivity index (χ4n) is 3.39. The smallest absolute Gasteiger partial charge is 0.336 e. The molecular formula is C24H22N2O3. The Morgan fingerprint density at radius 2 is 1.79 bits per heavy atom. The zero-order valence-electron chi connectivity index (χ0n) is 16.2. The molecule has 0 bridgehead atoms. The number of pyridine rings is 1. The highest BCUT2D eigenvalue weighted by Gasteiger charge is 2.15. The predicted octanol–water partition coefficient (Wildman–Crippen LogP) is 5.78. The van der Waals surface area contributed by atoms with Gasteiger partial charge in [-0.05, 0) is 54.8 Å². The molecule has 0 aliphatic carbocycles. The molecule has 0 radical (unpaired) electrons. The first-order valence-electron chi connectivity index (χ1n) is 9.68. The summed E-state index contributed by atoms with van der Waals surface area (Å²) in [6.07, 6.45) is 3.42. The number of furan rings is 1. The third kappa shape index (κ3) is 3.85. The van der Waals surface area contributed by atoms with E-state index in [2.05, 4.69) is 24.0 Å². The maximum absolute atomic E-state index is 11.7. The molecule has 0 fully saturated rings. The number of benzene rings is 2. The van der Waals surface area contributed by atoms with E-state index in [0.717, 1.165) is 17.7 Å². The molecule has 5 heteroatoms. The molecule has 29 heavy (non-hydrogen) atoms. The van der Waals surface area contributed by atoms with Crippen LogP contribution in [0, 0.1) is 0 Å². The quantitative estimate of drug-likeness (QED) is 0.410. The lowest BCUT2D eigenvalue weighted by molar-refractivity contribution is 0.0699. The zero-order valence-corrected chi connectivity index (χ0v) is 16.2. The number of aromatic carboxylic acids is 1. The van der Waals surface area contributed by atoms with Crippen molar-refractivity contribution in [2.45, 2.75) is 26.2 Å². The van der Waals surface area contributed by atoms with E-state index < -0.39 is 5.97 Å². The first kappa shape index (κ1) is 18.7. The second-order valence-corrected chi connectivity index (χ2v) is 7.10. The van der Waals surface area contributed by atoms with Crippen molar-refractivity contribution in [2.75, 3.05) is 5.73 Å². The number of carboxylic acid groups (broad SMARTS) is 1. The molecule has 0 aliphatic rings. The van der Waals surface area contributed by atoms with Gasteiger partial charge in [-0.15, -0.1) is 0 Å². The highest BCUT2D eigenvalue weighted by atomic mass is 16.4. The van der Waals surface area contributed by atoms with Gasteiger partial charge in [0.2, 0.25) is 0 Å². The van der Waals surface area contributed by atoms with Crippen molar-refractivity contribution >= 4 is 22.6 Å². The van der Waals surface area contributed by atoms with E-state index in [4.69, 9.17) is 10.2 Å². The van der Waals surface area contributed by atoms with Crippen LogP contribution in [0.25, 0.3) is 33.7 Å². The second-order valence-electron chi connectivity index (χ2n) is 7.10. The van der Waals surface area contributed by atoms with Gasteiger partial charge >= 0.3 is 5.97 Å². The molecule has 0 aliphatic heterocycles. The number of fused-ring (bicyclic) bond motifs is 1. The molecule has 0 saturated heterocycles. The Morgan fingerprint density at radius 3 is 2.52 bits per heavy atom. The van der Waals surface area contributed by atoms with Crippen molar-refractivity contribution in [3.8, 4) is 22.8 Å². The van der Waals surface area contributed by atoms with Crippen LogP contribution in [0.4, 0.5) is 5.69 Å². The van der Waals surface area contributed by atoms with E-state index in [1.54, 1.807) is 18.2 Å². The Balaban J connectivity index is 1.70. The molecule has 0 spiro atoms. The minimum absolute atomic E-state index is 0.149. The van der Waals surface area contributed by atoms with E-state index in [0.29, 0.717) is 28.0 Å². The molecule has 5 nitrogen and oxygen atoms in total. The molecule has 4 rings (SSSR count). The molecule has 0 saturated carbocycles. The third-order valence-corrected chi connectivity index (χ3v) is 4.98. The minimum atomic E-state index is -1.03. The monoisotopic (exact) mass is 386 g/mol. The highest BCUT2D eigenvalue weighted by molar-refractivity contribution is 6.04. The van der Waals surface area contributed by atoms with Crippen molar-refractivity contribution in [3.63, 3.8) is 0 Å². The zero-order chi connectivity index (χ0) is 20.4. The van der Waals surface area contributed by atoms with Crippen LogP contribution in [0.1, 0.15) is 35.7 Å². The molecule has 2 heterocycles. The summed E-state index contributed by atoms with van der Waals surface area (Å²) in [6.45, 7) is 2.18. The van der Waals surface area contributed by atoms with Gasteiger partial charge in [0.25, 0.3) is 0 Å². The molecule has 4 aromatic rings. The number of anilines is 1. The standard InChI is InChI=1S/C24H22N2O3/c1-2-3-4-15-5-7-16(8-6-15)22-11-12-23(29-22)21-14-19(24(27)28)18-13-17(25)9-10-20(18)26-21/h5-14H,2-4,25H2,1H3,(H,27,28). The maximum Gasteiger partial charge on any atom is 0.336 e. The number of nitrogen functional groups attached to an aromatic ring is 1. The molecule has 0 atom stereocenters. The molecule has 0 amide bonds. The number of rotatable bonds is 6. The number of nitrogens with two attached hydrogens (primary N) is 1. The normalized spacial score (nSPS) is 11.1. The SMILES string of the molecule is CCCCc1ccc(-c2ccc(-c3cc(C(=O)O)c4cc(N)ccc4n3)o2)cc1. The number of hydrogen-bond donors (Lipinski definition) is 2. The third-order valence-electron chi connectivity index (χ3n) is 4.98. The molecule has 3 N–H and O–H groups in total. The van der Waals surface area contributed by atoms with Gasteiger partial charge in [0, 0.05) is 16.6 Å². The fourth-order valence-corrected chi connectivity index (χ4v) is 3.39. The van der Waals surface area contributed by atoms with E-state index >= 15 is 0 Å². The van der Waals surface area contributed by atoms with E-state index in [1.165, 1.54) is 24.5 Å². The lowest BCUT2D eigenvalue weighted by Crippen LogP contribution is -2.00. The van der Waals surface area contributed by atoms with Crippen LogP contribution >= 0.6 is 0 Å². The highest BCUT2D eigenvalue weighted by Crippen LogP contribution is 2.31. The van der Waals surface area contributed by atoms with Crippen molar-refractivity contribution in [1.82, 2.24) is 4.98 Å². The van der Waals surface area contributed by atoms with Crippen LogP contribution in [-0.2, 0) is 6.42 Å². The summed E-state index contributed by atoms with van der Waals surface area (Å²) < 4.78 is 6.00. The average Bonchev–Trinajstić information content (AvgIpc) is 3.22. The number of carboxylic acids is 1. The molecule has 2 aromatic carbocycles. The number of nitrogens with zero attached hydrogens (tertiary/aromatic N) is 1. The summed E-state index contributed by atoms with van der Waals surface area (Å²) in [5, 5.41) is 10.1. The summed E-state index contributed by atoms with van der Waals surface area (Å²) >= 11 is 0. The Morgan fingerprint density at radius 1 is 1.03 bits per heavy atom. The van der Waals surface area contributed by atoms with Crippen LogP contribution in [0.3, 0.4) is 0 Å².